The lowest BCUT2D eigenvalue weighted by atomic mass is 10.3. The number of hydrogen-bond donors (Lipinski definition) is 1. The van der Waals surface area contributed by atoms with Crippen molar-refractivity contribution in [2.45, 2.75) is 26.7 Å². The lowest BCUT2D eigenvalue weighted by molar-refractivity contribution is -0.385. The smallest absolute Gasteiger partial charge is 0.332 e. The van der Waals surface area contributed by atoms with Gasteiger partial charge < -0.3 is 10.2 Å². The van der Waals surface area contributed by atoms with Crippen LogP contribution in [0.4, 0.5) is 17.5 Å². The summed E-state index contributed by atoms with van der Waals surface area (Å²) in [6.45, 7) is 5.93. The quantitative estimate of drug-likeness (QED) is 0.648. The van der Waals surface area contributed by atoms with Gasteiger partial charge in [0.05, 0.1) is 4.92 Å². The maximum atomic E-state index is 11.1. The maximum absolute atomic E-state index is 11.1. The number of aromatic nitrogens is 2. The number of nitro groups is 1. The fourth-order valence-corrected chi connectivity index (χ4v) is 2.15. The molecule has 1 aromatic rings. The van der Waals surface area contributed by atoms with E-state index in [-0.39, 0.29) is 5.69 Å². The molecule has 0 bridgehead atoms. The Hall–Kier alpha value is -1.92. The fourth-order valence-electron chi connectivity index (χ4n) is 2.15. The molecule has 1 saturated heterocycles. The molecule has 1 aliphatic rings. The molecular formula is C11H17N5O2. The molecule has 0 atom stereocenters. The zero-order valence-corrected chi connectivity index (χ0v) is 10.6. The van der Waals surface area contributed by atoms with E-state index in [1.807, 2.05) is 11.8 Å². The molecule has 0 unspecified atom stereocenters. The van der Waals surface area contributed by atoms with E-state index in [0.717, 1.165) is 25.9 Å². The van der Waals surface area contributed by atoms with E-state index in [0.29, 0.717) is 24.0 Å². The first-order chi connectivity index (χ1) is 8.63. The van der Waals surface area contributed by atoms with Gasteiger partial charge in [-0.2, -0.15) is 4.98 Å². The molecule has 0 aromatic carbocycles. The summed E-state index contributed by atoms with van der Waals surface area (Å²) in [5.41, 5.74) is 0.436. The molecule has 0 spiro atoms. The summed E-state index contributed by atoms with van der Waals surface area (Å²) in [7, 11) is 0. The molecule has 2 rings (SSSR count). The van der Waals surface area contributed by atoms with E-state index >= 15 is 0 Å². The van der Waals surface area contributed by atoms with Crippen LogP contribution in [0.5, 0.6) is 0 Å². The second kappa shape index (κ2) is 5.16. The van der Waals surface area contributed by atoms with Crippen molar-refractivity contribution in [3.05, 3.63) is 15.8 Å². The van der Waals surface area contributed by atoms with Gasteiger partial charge in [0.2, 0.25) is 11.8 Å². The molecule has 98 valence electrons. The summed E-state index contributed by atoms with van der Waals surface area (Å²) in [4.78, 5) is 21.1. The van der Waals surface area contributed by atoms with Crippen LogP contribution in [-0.4, -0.2) is 34.5 Å². The first-order valence-electron chi connectivity index (χ1n) is 6.15. The van der Waals surface area contributed by atoms with E-state index in [4.69, 9.17) is 0 Å². The normalized spacial score (nSPS) is 14.9. The van der Waals surface area contributed by atoms with Crippen LogP contribution in [0.1, 0.15) is 25.5 Å². The minimum Gasteiger partial charge on any atom is -0.354 e. The molecule has 2 heterocycles. The Morgan fingerprint density at radius 3 is 2.61 bits per heavy atom. The minimum absolute atomic E-state index is 0.0264. The third-order valence-corrected chi connectivity index (χ3v) is 2.96. The van der Waals surface area contributed by atoms with Crippen LogP contribution in [0.25, 0.3) is 0 Å². The van der Waals surface area contributed by atoms with Crippen molar-refractivity contribution in [3.8, 4) is 0 Å². The van der Waals surface area contributed by atoms with E-state index in [1.165, 1.54) is 0 Å². The predicted octanol–water partition coefficient (Wildman–Crippen LogP) is 1.73. The van der Waals surface area contributed by atoms with Gasteiger partial charge >= 0.3 is 5.69 Å². The summed E-state index contributed by atoms with van der Waals surface area (Å²) >= 11 is 0. The number of anilines is 2. The van der Waals surface area contributed by atoms with Crippen molar-refractivity contribution in [1.82, 2.24) is 9.97 Å². The van der Waals surface area contributed by atoms with E-state index in [9.17, 15) is 10.1 Å². The average molecular weight is 251 g/mol. The molecule has 18 heavy (non-hydrogen) atoms. The Morgan fingerprint density at radius 1 is 1.39 bits per heavy atom. The molecule has 0 radical (unpaired) electrons. The van der Waals surface area contributed by atoms with Crippen LogP contribution in [-0.2, 0) is 0 Å². The van der Waals surface area contributed by atoms with Gasteiger partial charge in [0.25, 0.3) is 0 Å². The average Bonchev–Trinajstić information content (AvgIpc) is 2.81. The molecule has 1 aromatic heterocycles. The Labute approximate surface area is 105 Å². The van der Waals surface area contributed by atoms with Crippen molar-refractivity contribution in [3.63, 3.8) is 0 Å². The van der Waals surface area contributed by atoms with Gasteiger partial charge in [-0.1, -0.05) is 0 Å². The Kier molecular flexibility index (Phi) is 3.59. The molecule has 7 heteroatoms. The van der Waals surface area contributed by atoms with Crippen molar-refractivity contribution in [2.24, 2.45) is 0 Å². The third-order valence-electron chi connectivity index (χ3n) is 2.96. The van der Waals surface area contributed by atoms with Crippen LogP contribution < -0.4 is 10.2 Å². The number of nitrogens with one attached hydrogen (secondary N) is 1. The predicted molar refractivity (Wildman–Crippen MR) is 69.0 cm³/mol. The lowest BCUT2D eigenvalue weighted by Gasteiger charge is -2.17. The number of aryl methyl sites for hydroxylation is 1. The SMILES string of the molecule is CCNc1nc(C)c([N+](=O)[O-])c(N2CCCC2)n1. The molecule has 7 nitrogen and oxygen atoms in total. The van der Waals surface area contributed by atoms with Crippen LogP contribution >= 0.6 is 0 Å². The Bertz CT molecular complexity index is 457. The molecular weight excluding hydrogens is 234 g/mol. The summed E-state index contributed by atoms with van der Waals surface area (Å²) in [6.07, 6.45) is 2.10. The molecule has 0 amide bonds. The van der Waals surface area contributed by atoms with Gasteiger partial charge in [0, 0.05) is 19.6 Å². The van der Waals surface area contributed by atoms with Crippen molar-refractivity contribution < 1.29 is 4.92 Å². The number of hydrogen-bond acceptors (Lipinski definition) is 6. The Morgan fingerprint density at radius 2 is 2.06 bits per heavy atom. The van der Waals surface area contributed by atoms with Gasteiger partial charge in [-0.25, -0.2) is 4.98 Å². The first-order valence-corrected chi connectivity index (χ1v) is 6.15. The monoisotopic (exact) mass is 251 g/mol. The summed E-state index contributed by atoms with van der Waals surface area (Å²) in [6, 6.07) is 0. The molecule has 1 aliphatic heterocycles. The summed E-state index contributed by atoms with van der Waals surface area (Å²) < 4.78 is 0. The minimum atomic E-state index is -0.390. The third kappa shape index (κ3) is 2.34. The van der Waals surface area contributed by atoms with E-state index in [1.54, 1.807) is 6.92 Å². The van der Waals surface area contributed by atoms with Crippen LogP contribution in [0, 0.1) is 17.0 Å². The number of nitrogens with zero attached hydrogens (tertiary/aromatic N) is 4. The van der Waals surface area contributed by atoms with Crippen molar-refractivity contribution >= 4 is 17.5 Å². The van der Waals surface area contributed by atoms with Crippen molar-refractivity contribution in [2.75, 3.05) is 29.9 Å². The highest BCUT2D eigenvalue weighted by Gasteiger charge is 2.27. The first kappa shape index (κ1) is 12.5. The van der Waals surface area contributed by atoms with Gasteiger partial charge in [-0.3, -0.25) is 10.1 Å². The standard InChI is InChI=1S/C11H17N5O2/c1-3-12-11-13-8(2)9(16(17)18)10(14-11)15-6-4-5-7-15/h3-7H2,1-2H3,(H,12,13,14). The highest BCUT2D eigenvalue weighted by molar-refractivity contribution is 5.62. The zero-order chi connectivity index (χ0) is 13.1. The van der Waals surface area contributed by atoms with Gasteiger partial charge in [-0.05, 0) is 26.7 Å². The molecule has 1 N–H and O–H groups in total. The van der Waals surface area contributed by atoms with Crippen LogP contribution in [0.2, 0.25) is 0 Å². The van der Waals surface area contributed by atoms with Gasteiger partial charge in [0.15, 0.2) is 0 Å². The van der Waals surface area contributed by atoms with Crippen LogP contribution in [0.3, 0.4) is 0 Å². The highest BCUT2D eigenvalue weighted by Crippen LogP contribution is 2.31. The van der Waals surface area contributed by atoms with E-state index in [2.05, 4.69) is 15.3 Å². The second-order valence-corrected chi connectivity index (χ2v) is 4.29. The summed E-state index contributed by atoms with van der Waals surface area (Å²) in [5.74, 6) is 0.906. The van der Waals surface area contributed by atoms with Gasteiger partial charge in [-0.15, -0.1) is 0 Å². The number of rotatable bonds is 4. The molecule has 1 fully saturated rings. The summed E-state index contributed by atoms with van der Waals surface area (Å²) in [5, 5.41) is 14.2. The second-order valence-electron chi connectivity index (χ2n) is 4.29. The van der Waals surface area contributed by atoms with E-state index < -0.39 is 4.92 Å². The largest absolute Gasteiger partial charge is 0.354 e. The lowest BCUT2D eigenvalue weighted by Crippen LogP contribution is -2.22. The topological polar surface area (TPSA) is 84.2 Å². The molecule has 0 saturated carbocycles. The van der Waals surface area contributed by atoms with Crippen LogP contribution in [0.15, 0.2) is 0 Å². The fraction of sp³-hybridized carbons (Fsp3) is 0.636. The molecule has 0 aliphatic carbocycles. The highest BCUT2D eigenvalue weighted by atomic mass is 16.6. The Balaban J connectivity index is 2.47. The van der Waals surface area contributed by atoms with Crippen molar-refractivity contribution in [1.29, 1.82) is 0 Å². The zero-order valence-electron chi connectivity index (χ0n) is 10.6. The van der Waals surface area contributed by atoms with Gasteiger partial charge in [0.1, 0.15) is 5.69 Å². The maximum Gasteiger partial charge on any atom is 0.332 e.